The van der Waals surface area contributed by atoms with Gasteiger partial charge in [0, 0.05) is 5.69 Å². The number of benzene rings is 1. The van der Waals surface area contributed by atoms with E-state index in [1.807, 2.05) is 0 Å². The number of hydrogen-bond acceptors (Lipinski definition) is 3. The van der Waals surface area contributed by atoms with E-state index in [2.05, 4.69) is 5.32 Å². The molecule has 0 aliphatic rings. The van der Waals surface area contributed by atoms with Gasteiger partial charge in [-0.2, -0.15) is 0 Å². The Morgan fingerprint density at radius 1 is 1.67 bits per heavy atom. The summed E-state index contributed by atoms with van der Waals surface area (Å²) in [4.78, 5) is 8.36. The van der Waals surface area contributed by atoms with Crippen LogP contribution >= 0.6 is 0 Å². The van der Waals surface area contributed by atoms with E-state index in [9.17, 15) is 4.39 Å². The van der Waals surface area contributed by atoms with Crippen LogP contribution in [0, 0.1) is 21.3 Å². The molecule has 0 fully saturated rings. The van der Waals surface area contributed by atoms with Crippen LogP contribution in [0.4, 0.5) is 10.1 Å². The van der Waals surface area contributed by atoms with Crippen molar-refractivity contribution in [3.63, 3.8) is 0 Å². The van der Waals surface area contributed by atoms with Crippen LogP contribution in [0.3, 0.4) is 0 Å². The van der Waals surface area contributed by atoms with Crippen molar-refractivity contribution < 1.29 is 14.7 Å². The van der Waals surface area contributed by atoms with E-state index in [0.717, 1.165) is 0 Å². The molecule has 0 bridgehead atoms. The molecule has 0 saturated heterocycles. The highest BCUT2D eigenvalue weighted by Crippen LogP contribution is 2.07. The number of hydrogen-bond donors (Lipinski definition) is 4. The van der Waals surface area contributed by atoms with E-state index in [-0.39, 0.29) is 11.8 Å². The van der Waals surface area contributed by atoms with Gasteiger partial charge >= 0.3 is 0 Å². The predicted molar refractivity (Wildman–Crippen MR) is 50.7 cm³/mol. The van der Waals surface area contributed by atoms with Gasteiger partial charge in [-0.15, -0.1) is 10.1 Å². The van der Waals surface area contributed by atoms with Gasteiger partial charge in [-0.25, -0.2) is 4.39 Å². The van der Waals surface area contributed by atoms with Gasteiger partial charge in [-0.3, -0.25) is 5.41 Å². The van der Waals surface area contributed by atoms with Crippen LogP contribution in [0.2, 0.25) is 0 Å². The third-order valence-electron chi connectivity index (χ3n) is 1.10. The molecule has 0 spiro atoms. The molecule has 0 radical (unpaired) electrons. The Bertz CT molecular complexity index is 354. The van der Waals surface area contributed by atoms with E-state index in [1.165, 1.54) is 12.1 Å². The van der Waals surface area contributed by atoms with Gasteiger partial charge in [-0.1, -0.05) is 6.07 Å². The highest BCUT2D eigenvalue weighted by molar-refractivity contribution is 5.89. The van der Waals surface area contributed by atoms with E-state index < -0.39 is 5.09 Å². The third-order valence-corrected chi connectivity index (χ3v) is 1.10. The molecule has 5 N–H and O–H groups in total. The van der Waals surface area contributed by atoms with Crippen LogP contribution in [0.5, 0.6) is 0 Å². The highest BCUT2D eigenvalue weighted by atomic mass is 19.1. The zero-order valence-electron chi connectivity index (χ0n) is 7.48. The van der Waals surface area contributed by atoms with Gasteiger partial charge in [0.1, 0.15) is 5.82 Å². The quantitative estimate of drug-likeness (QED) is 0.239. The Morgan fingerprint density at radius 3 is 2.60 bits per heavy atom. The molecule has 0 aliphatic carbocycles. The lowest BCUT2D eigenvalue weighted by Gasteiger charge is -2.01. The topological polar surface area (TPSA) is 125 Å². The summed E-state index contributed by atoms with van der Waals surface area (Å²) in [7, 11) is 0. The first kappa shape index (κ1) is 12.6. The summed E-state index contributed by atoms with van der Waals surface area (Å²) in [5.74, 6) is -0.549. The van der Waals surface area contributed by atoms with E-state index in [4.69, 9.17) is 26.5 Å². The van der Waals surface area contributed by atoms with Gasteiger partial charge in [-0.05, 0) is 18.2 Å². The summed E-state index contributed by atoms with van der Waals surface area (Å²) in [6.07, 6.45) is 0. The first-order valence-electron chi connectivity index (χ1n) is 3.61. The average molecular weight is 216 g/mol. The zero-order valence-corrected chi connectivity index (χ0v) is 7.48. The van der Waals surface area contributed by atoms with Crippen molar-refractivity contribution >= 4 is 11.6 Å². The average Bonchev–Trinajstić information content (AvgIpc) is 2.00. The molecule has 82 valence electrons. The lowest BCUT2D eigenvalue weighted by atomic mass is 10.3. The number of rotatable bonds is 1. The maximum absolute atomic E-state index is 12.5. The van der Waals surface area contributed by atoms with E-state index in [1.54, 1.807) is 12.1 Å². The van der Waals surface area contributed by atoms with Gasteiger partial charge in [0.15, 0.2) is 5.96 Å². The van der Waals surface area contributed by atoms with Gasteiger partial charge in [0.25, 0.3) is 5.09 Å². The Kier molecular flexibility index (Phi) is 5.16. The van der Waals surface area contributed by atoms with Crippen molar-refractivity contribution in [3.8, 4) is 0 Å². The Morgan fingerprint density at radius 2 is 2.20 bits per heavy atom. The standard InChI is InChI=1S/C7H8FN3.HNO3/c8-5-2-1-3-6(4-5)11-7(9)10;2-1(3)4/h1-4H,(H4,9,10,11);(H,2,3,4). The molecule has 0 atom stereocenters. The third kappa shape index (κ3) is 7.96. The lowest BCUT2D eigenvalue weighted by molar-refractivity contribution is -0.742. The molecule has 0 heterocycles. The number of nitrogens with one attached hydrogen (secondary N) is 2. The zero-order chi connectivity index (χ0) is 11.8. The van der Waals surface area contributed by atoms with E-state index in [0.29, 0.717) is 5.69 Å². The maximum atomic E-state index is 12.5. The molecule has 0 amide bonds. The molecule has 8 heteroatoms. The van der Waals surface area contributed by atoms with Crippen LogP contribution in [0.1, 0.15) is 0 Å². The number of nitrogens with two attached hydrogens (primary N) is 1. The van der Waals surface area contributed by atoms with Gasteiger partial charge in [0.05, 0.1) is 0 Å². The minimum Gasteiger partial charge on any atom is -0.370 e. The summed E-state index contributed by atoms with van der Waals surface area (Å²) in [5.41, 5.74) is 5.51. The fourth-order valence-electron chi connectivity index (χ4n) is 0.722. The largest absolute Gasteiger partial charge is 0.370 e. The minimum atomic E-state index is -1.50. The second-order valence-corrected chi connectivity index (χ2v) is 2.29. The van der Waals surface area contributed by atoms with Crippen LogP contribution in [0.25, 0.3) is 0 Å². The predicted octanol–water partition coefficient (Wildman–Crippen LogP) is 0.783. The number of halogens is 1. The van der Waals surface area contributed by atoms with Gasteiger partial charge in [0.2, 0.25) is 0 Å². The van der Waals surface area contributed by atoms with Crippen molar-refractivity contribution in [3.05, 3.63) is 40.2 Å². The fourth-order valence-corrected chi connectivity index (χ4v) is 0.722. The van der Waals surface area contributed by atoms with Crippen LogP contribution in [-0.4, -0.2) is 16.3 Å². The fraction of sp³-hybridized carbons (Fsp3) is 0. The van der Waals surface area contributed by atoms with Crippen LogP contribution in [0.15, 0.2) is 24.3 Å². The molecule has 1 rings (SSSR count). The minimum absolute atomic E-state index is 0.199. The molecular formula is C7H9FN4O3. The van der Waals surface area contributed by atoms with Crippen molar-refractivity contribution in [2.24, 2.45) is 5.73 Å². The van der Waals surface area contributed by atoms with Crippen molar-refractivity contribution in [1.82, 2.24) is 0 Å². The molecular weight excluding hydrogens is 207 g/mol. The smallest absolute Gasteiger partial charge is 0.291 e. The highest BCUT2D eigenvalue weighted by Gasteiger charge is 1.93. The molecule has 0 aromatic heterocycles. The lowest BCUT2D eigenvalue weighted by Crippen LogP contribution is -2.20. The molecule has 1 aromatic carbocycles. The molecule has 1 aromatic rings. The Balaban J connectivity index is 0.000000423. The SMILES string of the molecule is N=C(N)Nc1cccc(F)c1.O=[N+]([O-])O. The van der Waals surface area contributed by atoms with Crippen LogP contribution < -0.4 is 11.1 Å². The second-order valence-electron chi connectivity index (χ2n) is 2.29. The summed E-state index contributed by atoms with van der Waals surface area (Å²) in [6.45, 7) is 0. The summed E-state index contributed by atoms with van der Waals surface area (Å²) >= 11 is 0. The Labute approximate surface area is 83.9 Å². The molecule has 15 heavy (non-hydrogen) atoms. The normalized spacial score (nSPS) is 8.33. The van der Waals surface area contributed by atoms with Crippen molar-refractivity contribution in [2.45, 2.75) is 0 Å². The van der Waals surface area contributed by atoms with Gasteiger partial charge < -0.3 is 16.3 Å². The molecule has 7 nitrogen and oxygen atoms in total. The molecule has 0 saturated carbocycles. The maximum Gasteiger partial charge on any atom is 0.291 e. The van der Waals surface area contributed by atoms with Crippen molar-refractivity contribution in [1.29, 1.82) is 5.41 Å². The number of anilines is 1. The first-order chi connectivity index (χ1) is 6.91. The summed E-state index contributed by atoms with van der Waals surface area (Å²) in [6, 6.07) is 5.76. The van der Waals surface area contributed by atoms with Crippen molar-refractivity contribution in [2.75, 3.05) is 5.32 Å². The second kappa shape index (κ2) is 6.13. The summed E-state index contributed by atoms with van der Waals surface area (Å²) in [5, 5.41) is 23.0. The number of guanidine groups is 1. The first-order valence-corrected chi connectivity index (χ1v) is 3.61. The molecule has 0 aliphatic heterocycles. The Hall–Kier alpha value is -2.38. The molecule has 0 unspecified atom stereocenters. The van der Waals surface area contributed by atoms with Crippen LogP contribution in [-0.2, 0) is 0 Å². The monoisotopic (exact) mass is 216 g/mol. The van der Waals surface area contributed by atoms with E-state index >= 15 is 0 Å². The number of nitrogens with zero attached hydrogens (tertiary/aromatic N) is 1. The summed E-state index contributed by atoms with van der Waals surface area (Å²) < 4.78 is 12.5.